The van der Waals surface area contributed by atoms with Crippen LogP contribution in [0.3, 0.4) is 0 Å². The molecule has 0 aromatic heterocycles. The van der Waals surface area contributed by atoms with Crippen LogP contribution in [0.4, 0.5) is 4.39 Å². The van der Waals surface area contributed by atoms with Crippen molar-refractivity contribution in [2.24, 2.45) is 0 Å². The van der Waals surface area contributed by atoms with Gasteiger partial charge in [-0.05, 0) is 38.5 Å². The molecule has 0 spiro atoms. The van der Waals surface area contributed by atoms with Crippen molar-refractivity contribution in [2.75, 3.05) is 0 Å². The third-order valence-corrected chi connectivity index (χ3v) is 1.54. The first-order valence-electron chi connectivity index (χ1n) is 4.16. The Bertz CT molecular complexity index is 308. The van der Waals surface area contributed by atoms with E-state index < -0.39 is 11.6 Å². The Morgan fingerprint density at radius 3 is 2.54 bits per heavy atom. The fourth-order valence-electron chi connectivity index (χ4n) is 1.05. The molecule has 0 amide bonds. The lowest BCUT2D eigenvalue weighted by atomic mass is 10.2. The molecule has 0 unspecified atom stereocenters. The van der Waals surface area contributed by atoms with E-state index in [4.69, 9.17) is 4.74 Å². The van der Waals surface area contributed by atoms with Gasteiger partial charge >= 0.3 is 0 Å². The lowest BCUT2D eigenvalue weighted by molar-refractivity contribution is 0.228. The number of aromatic hydroxyl groups is 1. The topological polar surface area (TPSA) is 29.5 Å². The number of rotatable bonds is 2. The molecule has 1 aromatic rings. The lowest BCUT2D eigenvalue weighted by Crippen LogP contribution is -2.06. The van der Waals surface area contributed by atoms with Gasteiger partial charge in [0.2, 0.25) is 0 Å². The van der Waals surface area contributed by atoms with Gasteiger partial charge in [-0.15, -0.1) is 0 Å². The molecule has 1 rings (SSSR count). The molecule has 1 aromatic carbocycles. The average Bonchev–Trinajstić information content (AvgIpc) is 1.98. The molecule has 0 saturated heterocycles. The van der Waals surface area contributed by atoms with Crippen LogP contribution in [0.15, 0.2) is 12.1 Å². The quantitative estimate of drug-likeness (QED) is 0.765. The average molecular weight is 184 g/mol. The molecule has 3 heteroatoms. The Morgan fingerprint density at radius 2 is 2.00 bits per heavy atom. The SMILES string of the molecule is Cc1cc(F)c(O)c(OC(C)C)c1. The fourth-order valence-corrected chi connectivity index (χ4v) is 1.05. The maximum absolute atomic E-state index is 13.0. The molecule has 0 saturated carbocycles. The Labute approximate surface area is 77.0 Å². The van der Waals surface area contributed by atoms with E-state index in [-0.39, 0.29) is 11.9 Å². The second-order valence-corrected chi connectivity index (χ2v) is 3.26. The van der Waals surface area contributed by atoms with Gasteiger partial charge in [0.25, 0.3) is 0 Å². The summed E-state index contributed by atoms with van der Waals surface area (Å²) >= 11 is 0. The van der Waals surface area contributed by atoms with Crippen molar-refractivity contribution in [3.05, 3.63) is 23.5 Å². The molecule has 0 aliphatic carbocycles. The maximum atomic E-state index is 13.0. The Kier molecular flexibility index (Phi) is 2.76. The van der Waals surface area contributed by atoms with Crippen LogP contribution in [0.2, 0.25) is 0 Å². The monoisotopic (exact) mass is 184 g/mol. The third-order valence-electron chi connectivity index (χ3n) is 1.54. The summed E-state index contributed by atoms with van der Waals surface area (Å²) in [5.74, 6) is -0.859. The van der Waals surface area contributed by atoms with Crippen molar-refractivity contribution in [3.8, 4) is 11.5 Å². The number of hydrogen-bond acceptors (Lipinski definition) is 2. The van der Waals surface area contributed by atoms with E-state index >= 15 is 0 Å². The first kappa shape index (κ1) is 9.84. The zero-order valence-corrected chi connectivity index (χ0v) is 7.97. The highest BCUT2D eigenvalue weighted by Crippen LogP contribution is 2.30. The van der Waals surface area contributed by atoms with Crippen molar-refractivity contribution in [1.82, 2.24) is 0 Å². The minimum Gasteiger partial charge on any atom is -0.502 e. The van der Waals surface area contributed by atoms with Gasteiger partial charge in [-0.1, -0.05) is 0 Å². The molecular weight excluding hydrogens is 171 g/mol. The Morgan fingerprint density at radius 1 is 1.38 bits per heavy atom. The van der Waals surface area contributed by atoms with Crippen LogP contribution < -0.4 is 4.74 Å². The van der Waals surface area contributed by atoms with Gasteiger partial charge in [0.15, 0.2) is 17.3 Å². The number of phenols is 1. The number of benzene rings is 1. The van der Waals surface area contributed by atoms with Crippen LogP contribution in [-0.4, -0.2) is 11.2 Å². The van der Waals surface area contributed by atoms with E-state index in [1.807, 2.05) is 13.8 Å². The zero-order valence-electron chi connectivity index (χ0n) is 7.97. The second-order valence-electron chi connectivity index (χ2n) is 3.26. The molecule has 72 valence electrons. The Balaban J connectivity index is 3.05. The molecule has 0 aliphatic rings. The molecular formula is C10H13FO2. The van der Waals surface area contributed by atoms with Gasteiger partial charge in [0.1, 0.15) is 0 Å². The van der Waals surface area contributed by atoms with Crippen LogP contribution in [-0.2, 0) is 0 Å². The molecule has 13 heavy (non-hydrogen) atoms. The molecule has 0 heterocycles. The summed E-state index contributed by atoms with van der Waals surface area (Å²) in [7, 11) is 0. The summed E-state index contributed by atoms with van der Waals surface area (Å²) in [6, 6.07) is 2.88. The summed E-state index contributed by atoms with van der Waals surface area (Å²) in [6.07, 6.45) is -0.0768. The number of phenolic OH excluding ortho intramolecular Hbond substituents is 1. The van der Waals surface area contributed by atoms with Gasteiger partial charge in [0.05, 0.1) is 6.10 Å². The highest BCUT2D eigenvalue weighted by molar-refractivity contribution is 5.42. The van der Waals surface area contributed by atoms with Crippen LogP contribution in [0.5, 0.6) is 11.5 Å². The first-order chi connectivity index (χ1) is 6.00. The molecule has 0 aliphatic heterocycles. The smallest absolute Gasteiger partial charge is 0.194 e. The highest BCUT2D eigenvalue weighted by atomic mass is 19.1. The van der Waals surface area contributed by atoms with E-state index in [1.165, 1.54) is 6.07 Å². The summed E-state index contributed by atoms with van der Waals surface area (Å²) in [5.41, 5.74) is 0.728. The predicted molar refractivity (Wildman–Crippen MR) is 48.6 cm³/mol. The number of hydrogen-bond donors (Lipinski definition) is 1. The first-order valence-corrected chi connectivity index (χ1v) is 4.16. The van der Waals surface area contributed by atoms with E-state index in [0.29, 0.717) is 0 Å². The van der Waals surface area contributed by atoms with Crippen LogP contribution in [0, 0.1) is 12.7 Å². The third kappa shape index (κ3) is 2.34. The molecule has 0 radical (unpaired) electrons. The largest absolute Gasteiger partial charge is 0.502 e. The van der Waals surface area contributed by atoms with Gasteiger partial charge in [0, 0.05) is 0 Å². The molecule has 0 bridgehead atoms. The van der Waals surface area contributed by atoms with Crippen LogP contribution in [0.25, 0.3) is 0 Å². The van der Waals surface area contributed by atoms with Crippen molar-refractivity contribution in [2.45, 2.75) is 26.9 Å². The number of ether oxygens (including phenoxy) is 1. The van der Waals surface area contributed by atoms with Gasteiger partial charge in [-0.2, -0.15) is 0 Å². The fraction of sp³-hybridized carbons (Fsp3) is 0.400. The highest BCUT2D eigenvalue weighted by Gasteiger charge is 2.10. The summed E-state index contributed by atoms with van der Waals surface area (Å²) in [6.45, 7) is 5.38. The molecule has 1 N–H and O–H groups in total. The lowest BCUT2D eigenvalue weighted by Gasteiger charge is -2.12. The van der Waals surface area contributed by atoms with E-state index in [0.717, 1.165) is 5.56 Å². The van der Waals surface area contributed by atoms with Crippen LogP contribution >= 0.6 is 0 Å². The van der Waals surface area contributed by atoms with Crippen molar-refractivity contribution >= 4 is 0 Å². The number of aryl methyl sites for hydroxylation is 1. The molecule has 2 nitrogen and oxygen atoms in total. The maximum Gasteiger partial charge on any atom is 0.194 e. The molecule has 0 fully saturated rings. The number of halogens is 1. The summed E-state index contributed by atoms with van der Waals surface area (Å²) < 4.78 is 18.2. The van der Waals surface area contributed by atoms with Crippen LogP contribution in [0.1, 0.15) is 19.4 Å². The second kappa shape index (κ2) is 3.64. The van der Waals surface area contributed by atoms with Gasteiger partial charge in [-0.25, -0.2) is 4.39 Å². The standard InChI is InChI=1S/C10H13FO2/c1-6(2)13-9-5-7(3)4-8(11)10(9)12/h4-6,12H,1-3H3. The minimum absolute atomic E-state index is 0.0768. The van der Waals surface area contributed by atoms with E-state index in [2.05, 4.69) is 0 Å². The Hall–Kier alpha value is -1.25. The minimum atomic E-state index is -0.643. The predicted octanol–water partition coefficient (Wildman–Crippen LogP) is 2.63. The van der Waals surface area contributed by atoms with Crippen molar-refractivity contribution in [1.29, 1.82) is 0 Å². The van der Waals surface area contributed by atoms with Crippen molar-refractivity contribution in [3.63, 3.8) is 0 Å². The van der Waals surface area contributed by atoms with E-state index in [9.17, 15) is 9.50 Å². The van der Waals surface area contributed by atoms with E-state index in [1.54, 1.807) is 13.0 Å². The zero-order chi connectivity index (χ0) is 10.0. The van der Waals surface area contributed by atoms with Gasteiger partial charge < -0.3 is 9.84 Å². The molecule has 0 atom stereocenters. The van der Waals surface area contributed by atoms with Gasteiger partial charge in [-0.3, -0.25) is 0 Å². The summed E-state index contributed by atoms with van der Waals surface area (Å²) in [5, 5.41) is 9.27. The van der Waals surface area contributed by atoms with Crippen molar-refractivity contribution < 1.29 is 14.2 Å². The summed E-state index contributed by atoms with van der Waals surface area (Å²) in [4.78, 5) is 0. The normalized spacial score (nSPS) is 10.5.